The Morgan fingerprint density at radius 1 is 1.22 bits per heavy atom. The highest BCUT2D eigenvalue weighted by molar-refractivity contribution is 7.15. The lowest BCUT2D eigenvalue weighted by Crippen LogP contribution is -1.95. The van der Waals surface area contributed by atoms with Gasteiger partial charge in [-0.15, -0.1) is 10.2 Å². The number of nitrogens with one attached hydrogen (secondary N) is 1. The predicted molar refractivity (Wildman–Crippen MR) is 74.3 cm³/mol. The van der Waals surface area contributed by atoms with Crippen LogP contribution in [-0.2, 0) is 6.61 Å². The summed E-state index contributed by atoms with van der Waals surface area (Å²) in [6.45, 7) is 4.81. The van der Waals surface area contributed by atoms with Crippen molar-refractivity contribution in [1.82, 2.24) is 10.2 Å². The molecule has 2 rings (SSSR count). The van der Waals surface area contributed by atoms with E-state index in [1.807, 2.05) is 19.2 Å². The van der Waals surface area contributed by atoms with E-state index in [1.54, 1.807) is 0 Å². The molecule has 0 aliphatic heterocycles. The van der Waals surface area contributed by atoms with Crippen molar-refractivity contribution in [3.63, 3.8) is 0 Å². The molecule has 0 aliphatic rings. The minimum atomic E-state index is 0.459. The first-order valence-corrected chi connectivity index (χ1v) is 6.73. The van der Waals surface area contributed by atoms with E-state index in [4.69, 9.17) is 4.74 Å². The van der Waals surface area contributed by atoms with Gasteiger partial charge < -0.3 is 10.1 Å². The van der Waals surface area contributed by atoms with Gasteiger partial charge in [0.1, 0.15) is 12.4 Å². The zero-order chi connectivity index (χ0) is 13.0. The maximum absolute atomic E-state index is 5.66. The number of ether oxygens (including phenoxy) is 1. The number of nitrogens with zero attached hydrogens (tertiary/aromatic N) is 2. The topological polar surface area (TPSA) is 47.0 Å². The highest BCUT2D eigenvalue weighted by atomic mass is 32.1. The Morgan fingerprint density at radius 2 is 1.94 bits per heavy atom. The van der Waals surface area contributed by atoms with Gasteiger partial charge in [0.2, 0.25) is 5.13 Å². The number of aromatic nitrogens is 2. The van der Waals surface area contributed by atoms with Crippen molar-refractivity contribution in [2.75, 3.05) is 12.4 Å². The standard InChI is InChI=1S/C13H17N3OS/c1-9(2)10-4-6-11(7-5-10)17-8-12-15-16-13(14-3)18-12/h4-7,9H,8H2,1-3H3,(H,14,16). The molecular formula is C13H17N3OS. The third kappa shape index (κ3) is 3.20. The normalized spacial score (nSPS) is 10.7. The Bertz CT molecular complexity index is 493. The van der Waals surface area contributed by atoms with Crippen LogP contribution in [0.3, 0.4) is 0 Å². The van der Waals surface area contributed by atoms with Gasteiger partial charge in [0, 0.05) is 7.05 Å². The molecule has 18 heavy (non-hydrogen) atoms. The molecule has 1 heterocycles. The van der Waals surface area contributed by atoms with Gasteiger partial charge in [-0.1, -0.05) is 37.3 Å². The molecule has 0 bridgehead atoms. The van der Waals surface area contributed by atoms with Crippen molar-refractivity contribution in [2.24, 2.45) is 0 Å². The fourth-order valence-corrected chi connectivity index (χ4v) is 2.11. The third-order valence-corrected chi connectivity index (χ3v) is 3.50. The molecule has 0 aliphatic carbocycles. The largest absolute Gasteiger partial charge is 0.486 e. The Hall–Kier alpha value is -1.62. The van der Waals surface area contributed by atoms with E-state index in [1.165, 1.54) is 16.9 Å². The highest BCUT2D eigenvalue weighted by Crippen LogP contribution is 2.20. The number of rotatable bonds is 5. The van der Waals surface area contributed by atoms with E-state index >= 15 is 0 Å². The molecule has 5 heteroatoms. The lowest BCUT2D eigenvalue weighted by molar-refractivity contribution is 0.304. The summed E-state index contributed by atoms with van der Waals surface area (Å²) >= 11 is 1.50. The van der Waals surface area contributed by atoms with E-state index in [0.29, 0.717) is 12.5 Å². The SMILES string of the molecule is CNc1nnc(COc2ccc(C(C)C)cc2)s1. The van der Waals surface area contributed by atoms with Crippen molar-refractivity contribution >= 4 is 16.5 Å². The maximum Gasteiger partial charge on any atom is 0.205 e. The number of hydrogen-bond donors (Lipinski definition) is 1. The first-order valence-electron chi connectivity index (χ1n) is 5.92. The Labute approximate surface area is 111 Å². The lowest BCUT2D eigenvalue weighted by Gasteiger charge is -2.07. The monoisotopic (exact) mass is 263 g/mol. The Balaban J connectivity index is 1.93. The van der Waals surface area contributed by atoms with Crippen molar-refractivity contribution in [1.29, 1.82) is 0 Å². The van der Waals surface area contributed by atoms with Gasteiger partial charge in [0.15, 0.2) is 5.01 Å². The first kappa shape index (κ1) is 12.8. The van der Waals surface area contributed by atoms with Crippen LogP contribution in [0.15, 0.2) is 24.3 Å². The molecule has 96 valence electrons. The molecule has 1 N–H and O–H groups in total. The molecule has 2 aromatic rings. The molecule has 1 aromatic heterocycles. The highest BCUT2D eigenvalue weighted by Gasteiger charge is 2.04. The third-order valence-electron chi connectivity index (χ3n) is 2.59. The second-order valence-electron chi connectivity index (χ2n) is 4.26. The van der Waals surface area contributed by atoms with E-state index in [2.05, 4.69) is 41.5 Å². The minimum Gasteiger partial charge on any atom is -0.486 e. The van der Waals surface area contributed by atoms with Crippen LogP contribution in [0.1, 0.15) is 30.3 Å². The maximum atomic E-state index is 5.66. The van der Waals surface area contributed by atoms with Crippen LogP contribution >= 0.6 is 11.3 Å². The zero-order valence-corrected chi connectivity index (χ0v) is 11.6. The zero-order valence-electron chi connectivity index (χ0n) is 10.8. The fraction of sp³-hybridized carbons (Fsp3) is 0.385. The van der Waals surface area contributed by atoms with Crippen molar-refractivity contribution in [3.8, 4) is 5.75 Å². The molecule has 0 fully saturated rings. The summed E-state index contributed by atoms with van der Waals surface area (Å²) in [4.78, 5) is 0. The first-order chi connectivity index (χ1) is 8.69. The molecular weight excluding hydrogens is 246 g/mol. The van der Waals surface area contributed by atoms with Crippen molar-refractivity contribution < 1.29 is 4.74 Å². The van der Waals surface area contributed by atoms with Gasteiger partial charge in [-0.25, -0.2) is 0 Å². The van der Waals surface area contributed by atoms with Gasteiger partial charge >= 0.3 is 0 Å². The molecule has 0 amide bonds. The summed E-state index contributed by atoms with van der Waals surface area (Å²) in [7, 11) is 1.83. The van der Waals surface area contributed by atoms with Gasteiger partial charge in [-0.2, -0.15) is 0 Å². The molecule has 4 nitrogen and oxygen atoms in total. The summed E-state index contributed by atoms with van der Waals surface area (Å²) in [6.07, 6.45) is 0. The van der Waals surface area contributed by atoms with E-state index in [-0.39, 0.29) is 0 Å². The van der Waals surface area contributed by atoms with E-state index < -0.39 is 0 Å². The summed E-state index contributed by atoms with van der Waals surface area (Å²) in [6, 6.07) is 8.18. The minimum absolute atomic E-state index is 0.459. The van der Waals surface area contributed by atoms with Crippen LogP contribution in [-0.4, -0.2) is 17.2 Å². The summed E-state index contributed by atoms with van der Waals surface area (Å²) in [5.74, 6) is 1.40. The van der Waals surface area contributed by atoms with Gasteiger partial charge in [0.05, 0.1) is 0 Å². The van der Waals surface area contributed by atoms with E-state index in [0.717, 1.165) is 15.9 Å². The summed E-state index contributed by atoms with van der Waals surface area (Å²) < 4.78 is 5.66. The quantitative estimate of drug-likeness (QED) is 0.899. The summed E-state index contributed by atoms with van der Waals surface area (Å²) in [5.41, 5.74) is 1.32. The Kier molecular flexibility index (Phi) is 4.15. The van der Waals surface area contributed by atoms with Crippen LogP contribution in [0.5, 0.6) is 5.75 Å². The average Bonchev–Trinajstić information content (AvgIpc) is 2.85. The fourth-order valence-electron chi connectivity index (χ4n) is 1.51. The van der Waals surface area contributed by atoms with Gasteiger partial charge in [-0.3, -0.25) is 0 Å². The van der Waals surface area contributed by atoms with Crippen LogP contribution < -0.4 is 10.1 Å². The number of hydrogen-bond acceptors (Lipinski definition) is 5. The number of benzene rings is 1. The summed E-state index contributed by atoms with van der Waals surface area (Å²) in [5, 5.41) is 12.6. The molecule has 0 saturated heterocycles. The van der Waals surface area contributed by atoms with Gasteiger partial charge in [0.25, 0.3) is 0 Å². The van der Waals surface area contributed by atoms with Crippen LogP contribution in [0.2, 0.25) is 0 Å². The predicted octanol–water partition coefficient (Wildman–Crippen LogP) is 3.28. The average molecular weight is 263 g/mol. The molecule has 0 saturated carbocycles. The van der Waals surface area contributed by atoms with Crippen molar-refractivity contribution in [3.05, 3.63) is 34.8 Å². The smallest absolute Gasteiger partial charge is 0.205 e. The van der Waals surface area contributed by atoms with Crippen LogP contribution in [0.25, 0.3) is 0 Å². The van der Waals surface area contributed by atoms with Crippen molar-refractivity contribution in [2.45, 2.75) is 26.4 Å². The van der Waals surface area contributed by atoms with Crippen LogP contribution in [0, 0.1) is 0 Å². The number of anilines is 1. The van der Waals surface area contributed by atoms with Gasteiger partial charge in [-0.05, 0) is 23.6 Å². The second kappa shape index (κ2) is 5.82. The second-order valence-corrected chi connectivity index (χ2v) is 5.33. The molecule has 0 radical (unpaired) electrons. The van der Waals surface area contributed by atoms with Crippen LogP contribution in [0.4, 0.5) is 5.13 Å². The molecule has 0 unspecified atom stereocenters. The lowest BCUT2D eigenvalue weighted by atomic mass is 10.0. The van der Waals surface area contributed by atoms with E-state index in [9.17, 15) is 0 Å². The molecule has 0 spiro atoms. The Morgan fingerprint density at radius 3 is 2.50 bits per heavy atom. The molecule has 0 atom stereocenters. The molecule has 1 aromatic carbocycles.